The highest BCUT2D eigenvalue weighted by atomic mass is 16.3. The smallest absolute Gasteiger partial charge is 0.162 e. The van der Waals surface area contributed by atoms with E-state index in [1.807, 2.05) is 24.3 Å². The summed E-state index contributed by atoms with van der Waals surface area (Å²) in [5.41, 5.74) is 9.19. The number of benzene rings is 8. The Bertz CT molecular complexity index is 3420. The Morgan fingerprint density at radius 1 is 0.396 bits per heavy atom. The Labute approximate surface area is 302 Å². The van der Waals surface area contributed by atoms with Gasteiger partial charge in [0.25, 0.3) is 0 Å². The maximum atomic E-state index is 6.31. The van der Waals surface area contributed by atoms with Gasteiger partial charge in [-0.15, -0.1) is 0 Å². The largest absolute Gasteiger partial charge is 0.456 e. The average molecular weight is 677 g/mol. The molecule has 0 fully saturated rings. The van der Waals surface area contributed by atoms with Gasteiger partial charge in [-0.3, -0.25) is 4.57 Å². The normalized spacial score (nSPS) is 12.2. The molecular formula is C48H28N4O. The summed E-state index contributed by atoms with van der Waals surface area (Å²) in [5.74, 6) is 1.50. The van der Waals surface area contributed by atoms with E-state index in [4.69, 9.17) is 14.4 Å². The summed E-state index contributed by atoms with van der Waals surface area (Å²) in [5, 5.41) is 10.2. The number of rotatable bonds is 3. The Balaban J connectivity index is 1.26. The minimum absolute atomic E-state index is 0.658. The van der Waals surface area contributed by atoms with Gasteiger partial charge >= 0.3 is 0 Å². The zero-order valence-corrected chi connectivity index (χ0v) is 28.4. The molecule has 0 atom stereocenters. The molecule has 4 aromatic heterocycles. The molecule has 5 heteroatoms. The van der Waals surface area contributed by atoms with Gasteiger partial charge in [-0.25, -0.2) is 9.97 Å². The van der Waals surface area contributed by atoms with Crippen LogP contribution in [0.2, 0.25) is 0 Å². The molecule has 53 heavy (non-hydrogen) atoms. The van der Waals surface area contributed by atoms with Crippen LogP contribution in [0.3, 0.4) is 0 Å². The van der Waals surface area contributed by atoms with Crippen LogP contribution < -0.4 is 0 Å². The van der Waals surface area contributed by atoms with Gasteiger partial charge in [-0.05, 0) is 53.9 Å². The molecule has 0 amide bonds. The highest BCUT2D eigenvalue weighted by molar-refractivity contribution is 6.22. The molecule has 0 saturated heterocycles. The van der Waals surface area contributed by atoms with Crippen molar-refractivity contribution >= 4 is 87.2 Å². The highest BCUT2D eigenvalue weighted by Crippen LogP contribution is 2.44. The molecule has 12 aromatic rings. The minimum Gasteiger partial charge on any atom is -0.456 e. The molecule has 0 aliphatic carbocycles. The summed E-state index contributed by atoms with van der Waals surface area (Å²) < 4.78 is 11.1. The van der Waals surface area contributed by atoms with Gasteiger partial charge in [0, 0.05) is 48.7 Å². The number of hydrogen-bond donors (Lipinski definition) is 0. The van der Waals surface area contributed by atoms with E-state index in [0.717, 1.165) is 66.0 Å². The SMILES string of the molecule is c1ccc2c(-n3c4ccccc4c4ccccc43)c3c4ccccc4n(-c4nc(-c5cccc6oc7ccccc7c56)nc5ccccc45)c3cc2c1. The van der Waals surface area contributed by atoms with E-state index in [9.17, 15) is 0 Å². The Morgan fingerprint density at radius 3 is 1.75 bits per heavy atom. The summed E-state index contributed by atoms with van der Waals surface area (Å²) in [7, 11) is 0. The fourth-order valence-corrected chi connectivity index (χ4v) is 8.70. The first kappa shape index (κ1) is 28.5. The quantitative estimate of drug-likeness (QED) is 0.187. The maximum Gasteiger partial charge on any atom is 0.162 e. The average Bonchev–Trinajstić information content (AvgIpc) is 3.87. The van der Waals surface area contributed by atoms with Gasteiger partial charge in [0.1, 0.15) is 17.0 Å². The second-order valence-corrected chi connectivity index (χ2v) is 13.7. The molecule has 0 bridgehead atoms. The zero-order valence-electron chi connectivity index (χ0n) is 28.4. The Kier molecular flexibility index (Phi) is 5.71. The second kappa shape index (κ2) is 10.6. The van der Waals surface area contributed by atoms with Crippen LogP contribution in [0, 0.1) is 0 Å². The van der Waals surface area contributed by atoms with Crippen LogP contribution in [-0.2, 0) is 0 Å². The molecule has 5 nitrogen and oxygen atoms in total. The van der Waals surface area contributed by atoms with Crippen molar-refractivity contribution in [1.29, 1.82) is 0 Å². The number of aromatic nitrogens is 4. The lowest BCUT2D eigenvalue weighted by Gasteiger charge is -2.16. The zero-order chi connectivity index (χ0) is 34.6. The molecule has 0 spiro atoms. The lowest BCUT2D eigenvalue weighted by molar-refractivity contribution is 0.669. The van der Waals surface area contributed by atoms with Gasteiger partial charge in [0.05, 0.1) is 33.3 Å². The van der Waals surface area contributed by atoms with E-state index in [1.54, 1.807) is 0 Å². The predicted octanol–water partition coefficient (Wildman–Crippen LogP) is 12.5. The van der Waals surface area contributed by atoms with Crippen molar-refractivity contribution in [3.8, 4) is 22.9 Å². The van der Waals surface area contributed by atoms with Crippen LogP contribution in [0.25, 0.3) is 110 Å². The molecule has 0 aliphatic rings. The van der Waals surface area contributed by atoms with Gasteiger partial charge in [-0.1, -0.05) is 121 Å². The molecule has 246 valence electrons. The van der Waals surface area contributed by atoms with Crippen LogP contribution in [0.5, 0.6) is 0 Å². The third-order valence-corrected chi connectivity index (χ3v) is 10.9. The lowest BCUT2D eigenvalue weighted by atomic mass is 10.0. The van der Waals surface area contributed by atoms with Crippen LogP contribution in [0.4, 0.5) is 0 Å². The first-order chi connectivity index (χ1) is 26.3. The van der Waals surface area contributed by atoms with E-state index in [-0.39, 0.29) is 0 Å². The molecule has 8 aromatic carbocycles. The fourth-order valence-electron chi connectivity index (χ4n) is 8.70. The molecule has 4 heterocycles. The Hall–Kier alpha value is -7.24. The van der Waals surface area contributed by atoms with Crippen molar-refractivity contribution < 1.29 is 4.42 Å². The van der Waals surface area contributed by atoms with Gasteiger partial charge in [0.2, 0.25) is 0 Å². The summed E-state index contributed by atoms with van der Waals surface area (Å²) in [6.45, 7) is 0. The number of furan rings is 1. The first-order valence-electron chi connectivity index (χ1n) is 17.9. The number of nitrogens with zero attached hydrogens (tertiary/aromatic N) is 4. The van der Waals surface area contributed by atoms with E-state index in [2.05, 4.69) is 155 Å². The van der Waals surface area contributed by atoms with E-state index in [0.29, 0.717) is 5.82 Å². The minimum atomic E-state index is 0.658. The molecule has 0 unspecified atom stereocenters. The van der Waals surface area contributed by atoms with Crippen LogP contribution in [0.15, 0.2) is 174 Å². The van der Waals surface area contributed by atoms with Crippen molar-refractivity contribution in [3.63, 3.8) is 0 Å². The summed E-state index contributed by atoms with van der Waals surface area (Å²) >= 11 is 0. The van der Waals surface area contributed by atoms with Crippen molar-refractivity contribution in [1.82, 2.24) is 19.1 Å². The first-order valence-corrected chi connectivity index (χ1v) is 17.9. The van der Waals surface area contributed by atoms with E-state index >= 15 is 0 Å². The van der Waals surface area contributed by atoms with E-state index < -0.39 is 0 Å². The van der Waals surface area contributed by atoms with Gasteiger partial charge in [0.15, 0.2) is 5.82 Å². The van der Waals surface area contributed by atoms with Gasteiger partial charge in [-0.2, -0.15) is 0 Å². The summed E-state index contributed by atoms with van der Waals surface area (Å²) in [6, 6.07) is 60.0. The molecule has 0 aliphatic heterocycles. The van der Waals surface area contributed by atoms with Crippen molar-refractivity contribution in [2.45, 2.75) is 0 Å². The van der Waals surface area contributed by atoms with Gasteiger partial charge < -0.3 is 8.98 Å². The highest BCUT2D eigenvalue weighted by Gasteiger charge is 2.24. The van der Waals surface area contributed by atoms with Crippen molar-refractivity contribution in [2.75, 3.05) is 0 Å². The van der Waals surface area contributed by atoms with Crippen molar-refractivity contribution in [2.24, 2.45) is 0 Å². The topological polar surface area (TPSA) is 48.8 Å². The number of para-hydroxylation sites is 5. The predicted molar refractivity (Wildman–Crippen MR) is 218 cm³/mol. The number of fused-ring (bicyclic) bond motifs is 11. The third-order valence-electron chi connectivity index (χ3n) is 10.9. The van der Waals surface area contributed by atoms with Crippen LogP contribution in [-0.4, -0.2) is 19.1 Å². The molecule has 0 N–H and O–H groups in total. The summed E-state index contributed by atoms with van der Waals surface area (Å²) in [6.07, 6.45) is 0. The van der Waals surface area contributed by atoms with Crippen LogP contribution >= 0.6 is 0 Å². The standard InChI is InChI=1S/C48H28N4O/c1-2-15-30-29(14-1)28-41-45(46(30)51-38-23-9-4-16-31(38)32-17-5-10-24-39(32)51)34-19-6-11-25-40(34)52(41)48-33-18-3-8-22-37(33)49-47(50-48)36-21-13-27-43-44(36)35-20-7-12-26-42(35)53-43/h1-28H. The molecule has 12 rings (SSSR count). The third kappa shape index (κ3) is 3.91. The molecular weight excluding hydrogens is 649 g/mol. The second-order valence-electron chi connectivity index (χ2n) is 13.7. The fraction of sp³-hybridized carbons (Fsp3) is 0. The van der Waals surface area contributed by atoms with E-state index in [1.165, 1.54) is 38.3 Å². The summed E-state index contributed by atoms with van der Waals surface area (Å²) in [4.78, 5) is 10.7. The lowest BCUT2D eigenvalue weighted by Crippen LogP contribution is -2.03. The maximum absolute atomic E-state index is 6.31. The Morgan fingerprint density at radius 2 is 0.981 bits per heavy atom. The van der Waals surface area contributed by atoms with Crippen LogP contribution in [0.1, 0.15) is 0 Å². The number of hydrogen-bond acceptors (Lipinski definition) is 3. The van der Waals surface area contributed by atoms with Crippen molar-refractivity contribution in [3.05, 3.63) is 170 Å². The molecule has 0 saturated carbocycles. The molecule has 0 radical (unpaired) electrons. The monoisotopic (exact) mass is 676 g/mol.